The van der Waals surface area contributed by atoms with Crippen LogP contribution in [-0.4, -0.2) is 19.5 Å². The Kier molecular flexibility index (Phi) is 4.37. The van der Waals surface area contributed by atoms with Gasteiger partial charge in [-0.25, -0.2) is 15.0 Å². The van der Waals surface area contributed by atoms with E-state index >= 15 is 0 Å². The molecule has 0 amide bonds. The quantitative estimate of drug-likeness (QED) is 0.420. The summed E-state index contributed by atoms with van der Waals surface area (Å²) in [6, 6.07) is 28.8. The van der Waals surface area contributed by atoms with Crippen molar-refractivity contribution in [3.63, 3.8) is 0 Å². The highest BCUT2D eigenvalue weighted by atomic mass is 15.2. The Balaban J connectivity index is 1.55. The molecule has 6 rings (SSSR count). The summed E-state index contributed by atoms with van der Waals surface area (Å²) in [7, 11) is 0. The second-order valence-electron chi connectivity index (χ2n) is 8.46. The molecule has 0 atom stereocenters. The molecule has 32 heavy (non-hydrogen) atoms. The topological polar surface area (TPSA) is 69.6 Å². The lowest BCUT2D eigenvalue weighted by Gasteiger charge is -2.38. The fraction of sp³-hybridized carbons (Fsp3) is 0.148. The third-order valence-corrected chi connectivity index (χ3v) is 6.41. The molecular weight excluding hydrogens is 394 g/mol. The van der Waals surface area contributed by atoms with Crippen LogP contribution < -0.4 is 5.73 Å². The van der Waals surface area contributed by atoms with E-state index in [9.17, 15) is 0 Å². The number of imidazole rings is 1. The molecule has 0 saturated heterocycles. The monoisotopic (exact) mass is 417 g/mol. The number of hydrogen-bond donors (Lipinski definition) is 1. The van der Waals surface area contributed by atoms with Crippen molar-refractivity contribution in [3.8, 4) is 28.5 Å². The Morgan fingerprint density at radius 3 is 2.03 bits per heavy atom. The summed E-state index contributed by atoms with van der Waals surface area (Å²) < 4.78 is 2.12. The zero-order valence-corrected chi connectivity index (χ0v) is 17.6. The van der Waals surface area contributed by atoms with Crippen LogP contribution in [-0.2, 0) is 5.54 Å². The van der Waals surface area contributed by atoms with Gasteiger partial charge in [0, 0.05) is 22.4 Å². The SMILES string of the molecule is NC1(c2ccc(-n3c(-c4ccccc4)nc4cnc(-c5ccccc5)nc43)cc2)CCC1. The molecule has 1 aliphatic rings. The van der Waals surface area contributed by atoms with Crippen LogP contribution in [0.5, 0.6) is 0 Å². The number of nitrogens with zero attached hydrogens (tertiary/aromatic N) is 4. The first-order valence-corrected chi connectivity index (χ1v) is 11.0. The summed E-state index contributed by atoms with van der Waals surface area (Å²) in [6.07, 6.45) is 5.10. The van der Waals surface area contributed by atoms with Crippen molar-refractivity contribution in [2.45, 2.75) is 24.8 Å². The van der Waals surface area contributed by atoms with Crippen LogP contribution in [0, 0.1) is 0 Å². The van der Waals surface area contributed by atoms with E-state index in [1.165, 1.54) is 12.0 Å². The van der Waals surface area contributed by atoms with E-state index in [0.29, 0.717) is 5.82 Å². The highest BCUT2D eigenvalue weighted by Crippen LogP contribution is 2.39. The van der Waals surface area contributed by atoms with Crippen molar-refractivity contribution >= 4 is 11.2 Å². The minimum atomic E-state index is -0.180. The number of rotatable bonds is 4. The first kappa shape index (κ1) is 18.9. The number of hydrogen-bond acceptors (Lipinski definition) is 4. The van der Waals surface area contributed by atoms with Crippen LogP contribution in [0.15, 0.2) is 91.1 Å². The fourth-order valence-corrected chi connectivity index (χ4v) is 4.41. The van der Waals surface area contributed by atoms with Crippen molar-refractivity contribution < 1.29 is 0 Å². The van der Waals surface area contributed by atoms with Crippen molar-refractivity contribution in [3.05, 3.63) is 96.7 Å². The average molecular weight is 418 g/mol. The van der Waals surface area contributed by atoms with Crippen molar-refractivity contribution in [2.24, 2.45) is 5.73 Å². The second-order valence-corrected chi connectivity index (χ2v) is 8.46. The molecule has 5 nitrogen and oxygen atoms in total. The lowest BCUT2D eigenvalue weighted by molar-refractivity contribution is 0.253. The molecule has 2 aromatic heterocycles. The third-order valence-electron chi connectivity index (χ3n) is 6.41. The molecule has 2 heterocycles. The maximum absolute atomic E-state index is 6.55. The molecule has 1 saturated carbocycles. The lowest BCUT2D eigenvalue weighted by atomic mass is 9.73. The van der Waals surface area contributed by atoms with Crippen LogP contribution in [0.4, 0.5) is 0 Å². The van der Waals surface area contributed by atoms with Gasteiger partial charge in [-0.15, -0.1) is 0 Å². The number of benzene rings is 3. The van der Waals surface area contributed by atoms with E-state index in [1.807, 2.05) is 54.7 Å². The van der Waals surface area contributed by atoms with Crippen molar-refractivity contribution in [2.75, 3.05) is 0 Å². The van der Waals surface area contributed by atoms with Crippen LogP contribution in [0.1, 0.15) is 24.8 Å². The molecule has 0 bridgehead atoms. The van der Waals surface area contributed by atoms with E-state index in [2.05, 4.69) is 45.9 Å². The van der Waals surface area contributed by atoms with Gasteiger partial charge < -0.3 is 5.73 Å². The normalized spacial score (nSPS) is 14.9. The minimum Gasteiger partial charge on any atom is -0.321 e. The summed E-state index contributed by atoms with van der Waals surface area (Å²) in [5.74, 6) is 1.53. The molecular formula is C27H23N5. The Morgan fingerprint density at radius 1 is 0.750 bits per heavy atom. The maximum Gasteiger partial charge on any atom is 0.169 e. The van der Waals surface area contributed by atoms with Crippen LogP contribution in [0.2, 0.25) is 0 Å². The van der Waals surface area contributed by atoms with Gasteiger partial charge in [-0.05, 0) is 37.0 Å². The van der Waals surface area contributed by atoms with Gasteiger partial charge in [0.15, 0.2) is 11.5 Å². The fourth-order valence-electron chi connectivity index (χ4n) is 4.41. The predicted molar refractivity (Wildman–Crippen MR) is 127 cm³/mol. The van der Waals surface area contributed by atoms with Crippen molar-refractivity contribution in [1.29, 1.82) is 0 Å². The molecule has 2 N–H and O–H groups in total. The Bertz CT molecular complexity index is 1390. The van der Waals surface area contributed by atoms with Gasteiger partial charge in [0.25, 0.3) is 0 Å². The van der Waals surface area contributed by atoms with Gasteiger partial charge in [0.05, 0.1) is 6.20 Å². The molecule has 1 aliphatic carbocycles. The molecule has 0 unspecified atom stereocenters. The highest BCUT2D eigenvalue weighted by molar-refractivity contribution is 5.81. The summed E-state index contributed by atoms with van der Waals surface area (Å²) in [6.45, 7) is 0. The van der Waals surface area contributed by atoms with Gasteiger partial charge in [-0.2, -0.15) is 0 Å². The molecule has 5 heteroatoms. The molecule has 5 aromatic rings. The second kappa shape index (κ2) is 7.39. The van der Waals surface area contributed by atoms with E-state index in [0.717, 1.165) is 46.6 Å². The molecule has 0 radical (unpaired) electrons. The molecule has 0 spiro atoms. The first-order valence-electron chi connectivity index (χ1n) is 11.0. The molecule has 0 aliphatic heterocycles. The number of aromatic nitrogens is 4. The van der Waals surface area contributed by atoms with Gasteiger partial charge in [0.2, 0.25) is 0 Å². The molecule has 1 fully saturated rings. The maximum atomic E-state index is 6.55. The summed E-state index contributed by atoms with van der Waals surface area (Å²) >= 11 is 0. The van der Waals surface area contributed by atoms with E-state index in [1.54, 1.807) is 0 Å². The van der Waals surface area contributed by atoms with Crippen LogP contribution in [0.25, 0.3) is 39.6 Å². The van der Waals surface area contributed by atoms with E-state index < -0.39 is 0 Å². The number of fused-ring (bicyclic) bond motifs is 1. The molecule has 3 aromatic carbocycles. The Hall–Kier alpha value is -3.83. The third kappa shape index (κ3) is 3.10. The Morgan fingerprint density at radius 2 is 1.41 bits per heavy atom. The lowest BCUT2D eigenvalue weighted by Crippen LogP contribution is -2.43. The highest BCUT2D eigenvalue weighted by Gasteiger charge is 2.34. The van der Waals surface area contributed by atoms with Gasteiger partial charge in [-0.3, -0.25) is 4.57 Å². The summed E-state index contributed by atoms with van der Waals surface area (Å²) in [4.78, 5) is 14.4. The van der Waals surface area contributed by atoms with Gasteiger partial charge in [0.1, 0.15) is 11.3 Å². The standard InChI is InChI=1S/C27H23N5/c28-27(16-7-17-27)21-12-14-22(15-13-21)32-25(20-10-5-2-6-11-20)30-23-18-29-24(31-26(23)32)19-8-3-1-4-9-19/h1-6,8-15,18H,7,16-17,28H2. The average Bonchev–Trinajstić information content (AvgIpc) is 3.22. The van der Waals surface area contributed by atoms with Crippen molar-refractivity contribution in [1.82, 2.24) is 19.5 Å². The predicted octanol–water partition coefficient (Wildman–Crippen LogP) is 5.49. The minimum absolute atomic E-state index is 0.180. The zero-order chi connectivity index (χ0) is 21.5. The van der Waals surface area contributed by atoms with E-state index in [-0.39, 0.29) is 5.54 Å². The van der Waals surface area contributed by atoms with Crippen LogP contribution in [0.3, 0.4) is 0 Å². The largest absolute Gasteiger partial charge is 0.321 e. The molecule has 156 valence electrons. The Labute approximate surface area is 186 Å². The smallest absolute Gasteiger partial charge is 0.169 e. The first-order chi connectivity index (χ1) is 15.7. The summed E-state index contributed by atoms with van der Waals surface area (Å²) in [5.41, 5.74) is 12.1. The van der Waals surface area contributed by atoms with E-state index in [4.69, 9.17) is 15.7 Å². The van der Waals surface area contributed by atoms with Crippen LogP contribution >= 0.6 is 0 Å². The van der Waals surface area contributed by atoms with Gasteiger partial charge >= 0.3 is 0 Å². The van der Waals surface area contributed by atoms with Gasteiger partial charge in [-0.1, -0.05) is 72.8 Å². The number of nitrogens with two attached hydrogens (primary N) is 1. The summed E-state index contributed by atoms with van der Waals surface area (Å²) in [5, 5.41) is 0. The zero-order valence-electron chi connectivity index (χ0n) is 17.6.